The number of anilines is 1. The number of methoxy groups -OCH3 is 2. The van der Waals surface area contributed by atoms with E-state index in [2.05, 4.69) is 19.9 Å². The number of rotatable bonds is 10. The minimum atomic E-state index is -0.578. The Hall–Kier alpha value is -3.70. The molecule has 0 aliphatic heterocycles. The van der Waals surface area contributed by atoms with Crippen molar-refractivity contribution in [3.05, 3.63) is 65.1 Å². The molecule has 1 unspecified atom stereocenters. The van der Waals surface area contributed by atoms with Gasteiger partial charge >= 0.3 is 0 Å². The number of benzene rings is 1. The Balaban J connectivity index is 1.66. The van der Waals surface area contributed by atoms with Crippen LogP contribution in [0.1, 0.15) is 23.0 Å². The summed E-state index contributed by atoms with van der Waals surface area (Å²) >= 11 is 7.36. The maximum Gasteiger partial charge on any atom is 0.250 e. The molecule has 12 heteroatoms. The highest BCUT2D eigenvalue weighted by atomic mass is 35.5. The number of hydrogen-bond acceptors (Lipinski definition) is 9. The summed E-state index contributed by atoms with van der Waals surface area (Å²) in [4.78, 5) is 16.1. The average Bonchev–Trinajstić information content (AvgIpc) is 3.53. The molecule has 0 fully saturated rings. The molecular formula is C23H23ClN6O4S. The Morgan fingerprint density at radius 3 is 2.60 bits per heavy atom. The van der Waals surface area contributed by atoms with Gasteiger partial charge in [0.2, 0.25) is 11.8 Å². The van der Waals surface area contributed by atoms with Gasteiger partial charge in [-0.15, -0.1) is 10.2 Å². The van der Waals surface area contributed by atoms with Crippen molar-refractivity contribution in [1.29, 1.82) is 0 Å². The molecule has 182 valence electrons. The largest absolute Gasteiger partial charge is 0.494 e. The van der Waals surface area contributed by atoms with Crippen LogP contribution < -0.4 is 19.9 Å². The fraction of sp³-hybridized carbons (Fsp3) is 0.217. The van der Waals surface area contributed by atoms with E-state index in [1.165, 1.54) is 24.2 Å². The number of nitrogens with zero attached hydrogens (tertiary/aromatic N) is 4. The van der Waals surface area contributed by atoms with Crippen LogP contribution in [0, 0.1) is 0 Å². The Kier molecular flexibility index (Phi) is 7.47. The first-order valence-electron chi connectivity index (χ1n) is 10.5. The fourth-order valence-corrected chi connectivity index (χ4v) is 4.33. The molecule has 0 aliphatic carbocycles. The molecule has 0 saturated carbocycles. The van der Waals surface area contributed by atoms with E-state index in [0.29, 0.717) is 57.4 Å². The maximum atomic E-state index is 11.8. The van der Waals surface area contributed by atoms with Crippen LogP contribution in [0.25, 0.3) is 17.3 Å². The molecule has 1 aromatic carbocycles. The summed E-state index contributed by atoms with van der Waals surface area (Å²) < 4.78 is 21.8. The standard InChI is InChI=1S/C23H23ClN6O4S/c1-13(10-16-15(21(25)31)11-14(24)12-26-16)35-29-23-28-27-22(19-8-5-9-34-19)30(23)20-17(32-2)6-4-7-18(20)33-3/h4-9,11-13H,10H2,1-3H3,(H2,25,31)(H,28,29). The second-order valence-corrected chi connectivity index (χ2v) is 9.10. The van der Waals surface area contributed by atoms with E-state index in [9.17, 15) is 4.79 Å². The third-order valence-electron chi connectivity index (χ3n) is 5.06. The van der Waals surface area contributed by atoms with Crippen molar-refractivity contribution in [2.24, 2.45) is 5.73 Å². The van der Waals surface area contributed by atoms with E-state index in [1.807, 2.05) is 25.1 Å². The lowest BCUT2D eigenvalue weighted by molar-refractivity contribution is 0.0999. The fourth-order valence-electron chi connectivity index (χ4n) is 3.49. The molecule has 0 radical (unpaired) electrons. The second kappa shape index (κ2) is 10.7. The SMILES string of the molecule is COc1cccc(OC)c1-n1c(NSC(C)Cc2ncc(Cl)cc2C(N)=O)nnc1-c1ccco1. The van der Waals surface area contributed by atoms with Crippen LogP contribution in [0.3, 0.4) is 0 Å². The number of aromatic nitrogens is 4. The number of nitrogens with two attached hydrogens (primary N) is 1. The van der Waals surface area contributed by atoms with Crippen LogP contribution in [0.15, 0.2) is 53.3 Å². The molecule has 3 aromatic heterocycles. The Morgan fingerprint density at radius 2 is 1.97 bits per heavy atom. The van der Waals surface area contributed by atoms with Crippen molar-refractivity contribution in [3.8, 4) is 28.8 Å². The van der Waals surface area contributed by atoms with Crippen LogP contribution in [0.4, 0.5) is 5.95 Å². The molecule has 4 rings (SSSR count). The summed E-state index contributed by atoms with van der Waals surface area (Å²) in [6.07, 6.45) is 3.52. The summed E-state index contributed by atoms with van der Waals surface area (Å²) in [5, 5.41) is 9.00. The van der Waals surface area contributed by atoms with E-state index in [0.717, 1.165) is 0 Å². The molecule has 3 N–H and O–H groups in total. The van der Waals surface area contributed by atoms with Crippen LogP contribution in [-0.4, -0.2) is 45.1 Å². The molecule has 10 nitrogen and oxygen atoms in total. The van der Waals surface area contributed by atoms with Crippen molar-refractivity contribution >= 4 is 35.4 Å². The van der Waals surface area contributed by atoms with E-state index in [1.54, 1.807) is 37.2 Å². The van der Waals surface area contributed by atoms with Crippen molar-refractivity contribution in [2.75, 3.05) is 18.9 Å². The van der Waals surface area contributed by atoms with Crippen molar-refractivity contribution in [1.82, 2.24) is 19.7 Å². The number of carbonyl (C=O) groups excluding carboxylic acids is 1. The molecule has 0 spiro atoms. The van der Waals surface area contributed by atoms with Gasteiger partial charge in [0, 0.05) is 17.9 Å². The third kappa shape index (κ3) is 5.20. The summed E-state index contributed by atoms with van der Waals surface area (Å²) in [5.41, 5.74) is 6.97. The first kappa shape index (κ1) is 24.4. The Morgan fingerprint density at radius 1 is 1.23 bits per heavy atom. The highest BCUT2D eigenvalue weighted by molar-refractivity contribution is 8.01. The van der Waals surface area contributed by atoms with E-state index >= 15 is 0 Å². The lowest BCUT2D eigenvalue weighted by Crippen LogP contribution is -2.17. The van der Waals surface area contributed by atoms with E-state index in [4.69, 9.17) is 31.2 Å². The number of primary amides is 1. The second-order valence-electron chi connectivity index (χ2n) is 7.42. The number of pyridine rings is 1. The van der Waals surface area contributed by atoms with Crippen molar-refractivity contribution in [2.45, 2.75) is 18.6 Å². The van der Waals surface area contributed by atoms with Gasteiger partial charge in [0.1, 0.15) is 17.2 Å². The Bertz CT molecular complexity index is 1310. The zero-order valence-corrected chi connectivity index (χ0v) is 20.8. The number of carbonyl (C=O) groups is 1. The zero-order valence-electron chi connectivity index (χ0n) is 19.2. The number of ether oxygens (including phenoxy) is 2. The molecular weight excluding hydrogens is 492 g/mol. The van der Waals surface area contributed by atoms with E-state index < -0.39 is 5.91 Å². The maximum absolute atomic E-state index is 11.8. The van der Waals surface area contributed by atoms with Gasteiger partial charge in [-0.1, -0.05) is 24.6 Å². The monoisotopic (exact) mass is 514 g/mol. The number of nitrogens with one attached hydrogen (secondary N) is 1. The van der Waals surface area contributed by atoms with Gasteiger partial charge < -0.3 is 19.6 Å². The number of hydrogen-bond donors (Lipinski definition) is 2. The molecule has 1 amide bonds. The topological polar surface area (TPSA) is 130 Å². The summed E-state index contributed by atoms with van der Waals surface area (Å²) in [6.45, 7) is 1.98. The minimum Gasteiger partial charge on any atom is -0.494 e. The molecule has 3 heterocycles. The quantitative estimate of drug-likeness (QED) is 0.296. The van der Waals surface area contributed by atoms with Gasteiger partial charge in [-0.3, -0.25) is 19.1 Å². The van der Waals surface area contributed by atoms with Crippen LogP contribution in [-0.2, 0) is 6.42 Å². The predicted octanol–water partition coefficient (Wildman–Crippen LogP) is 4.38. The highest BCUT2D eigenvalue weighted by Gasteiger charge is 2.24. The highest BCUT2D eigenvalue weighted by Crippen LogP contribution is 2.38. The number of furan rings is 1. The molecule has 1 atom stereocenters. The smallest absolute Gasteiger partial charge is 0.250 e. The first-order chi connectivity index (χ1) is 16.9. The minimum absolute atomic E-state index is 0.0291. The molecule has 0 aliphatic rings. The molecule has 0 saturated heterocycles. The third-order valence-corrected chi connectivity index (χ3v) is 6.14. The average molecular weight is 515 g/mol. The van der Waals surface area contributed by atoms with Gasteiger partial charge in [-0.2, -0.15) is 0 Å². The van der Waals surface area contributed by atoms with Crippen LogP contribution in [0.5, 0.6) is 11.5 Å². The van der Waals surface area contributed by atoms with Gasteiger partial charge in [0.15, 0.2) is 5.76 Å². The summed E-state index contributed by atoms with van der Waals surface area (Å²) in [5.74, 6) is 1.96. The Labute approximate surface area is 210 Å². The number of para-hydroxylation sites is 1. The molecule has 35 heavy (non-hydrogen) atoms. The van der Waals surface area contributed by atoms with Crippen molar-refractivity contribution < 1.29 is 18.7 Å². The molecule has 4 aromatic rings. The van der Waals surface area contributed by atoms with Crippen LogP contribution in [0.2, 0.25) is 5.02 Å². The lowest BCUT2D eigenvalue weighted by Gasteiger charge is -2.18. The first-order valence-corrected chi connectivity index (χ1v) is 11.7. The van der Waals surface area contributed by atoms with Gasteiger partial charge in [-0.25, -0.2) is 0 Å². The molecule has 0 bridgehead atoms. The predicted molar refractivity (Wildman–Crippen MR) is 134 cm³/mol. The summed E-state index contributed by atoms with van der Waals surface area (Å²) in [6, 6.07) is 10.6. The lowest BCUT2D eigenvalue weighted by atomic mass is 10.1. The van der Waals surface area contributed by atoms with Gasteiger partial charge in [0.05, 0.1) is 36.8 Å². The normalized spacial score (nSPS) is 11.8. The van der Waals surface area contributed by atoms with Gasteiger partial charge in [-0.05, 0) is 42.3 Å². The van der Waals surface area contributed by atoms with Gasteiger partial charge in [0.25, 0.3) is 5.91 Å². The number of amides is 1. The summed E-state index contributed by atoms with van der Waals surface area (Å²) in [7, 11) is 3.16. The number of halogens is 1. The zero-order chi connectivity index (χ0) is 24.9. The van der Waals surface area contributed by atoms with Crippen molar-refractivity contribution in [3.63, 3.8) is 0 Å². The van der Waals surface area contributed by atoms with Crippen LogP contribution >= 0.6 is 23.5 Å². The van der Waals surface area contributed by atoms with E-state index in [-0.39, 0.29) is 5.25 Å².